The number of anilines is 1. The maximum Gasteiger partial charge on any atom is 0.277 e. The van der Waals surface area contributed by atoms with Crippen LogP contribution in [0, 0.1) is 24.6 Å². The highest BCUT2D eigenvalue weighted by atomic mass is 19.1. The average molecular weight is 536 g/mol. The van der Waals surface area contributed by atoms with E-state index in [0.717, 1.165) is 35.8 Å². The van der Waals surface area contributed by atoms with Gasteiger partial charge in [-0.15, -0.1) is 0 Å². The zero-order valence-electron chi connectivity index (χ0n) is 22.3. The van der Waals surface area contributed by atoms with Crippen molar-refractivity contribution in [2.75, 3.05) is 24.6 Å². The predicted octanol–water partition coefficient (Wildman–Crippen LogP) is 3.56. The Morgan fingerprint density at radius 1 is 1.05 bits per heavy atom. The van der Waals surface area contributed by atoms with Gasteiger partial charge in [-0.2, -0.15) is 0 Å². The van der Waals surface area contributed by atoms with Gasteiger partial charge in [0.1, 0.15) is 17.7 Å². The second-order valence-corrected chi connectivity index (χ2v) is 10.8. The highest BCUT2D eigenvalue weighted by Crippen LogP contribution is 2.52. The number of carbonyl (C=O) groups excluding carboxylic acids is 1. The van der Waals surface area contributed by atoms with Crippen molar-refractivity contribution in [3.05, 3.63) is 59.2 Å². The number of aliphatic hydroxyl groups excluding tert-OH is 2. The van der Waals surface area contributed by atoms with Crippen LogP contribution in [0.3, 0.4) is 0 Å². The molecule has 6 rings (SSSR count). The van der Waals surface area contributed by atoms with Gasteiger partial charge in [0.05, 0.1) is 5.69 Å². The van der Waals surface area contributed by atoms with Gasteiger partial charge >= 0.3 is 0 Å². The summed E-state index contributed by atoms with van der Waals surface area (Å²) in [6.45, 7) is 4.56. The summed E-state index contributed by atoms with van der Waals surface area (Å²) in [6, 6.07) is 9.92. The monoisotopic (exact) mass is 535 g/mol. The van der Waals surface area contributed by atoms with Crippen molar-refractivity contribution in [3.8, 4) is 17.3 Å². The lowest BCUT2D eigenvalue weighted by molar-refractivity contribution is -0.00104. The third kappa shape index (κ3) is 4.76. The molecule has 2 aliphatic carbocycles. The minimum Gasteiger partial charge on any atom is -0.474 e. The van der Waals surface area contributed by atoms with Crippen LogP contribution in [0.2, 0.25) is 0 Å². The molecule has 0 radical (unpaired) electrons. The first-order chi connectivity index (χ1) is 18.9. The molecule has 2 N–H and O–H groups in total. The van der Waals surface area contributed by atoms with Crippen LogP contribution < -0.4 is 9.64 Å². The van der Waals surface area contributed by atoms with Crippen molar-refractivity contribution in [1.82, 2.24) is 19.4 Å². The Kier molecular flexibility index (Phi) is 6.76. The van der Waals surface area contributed by atoms with Gasteiger partial charge in [-0.05, 0) is 75.1 Å². The molecule has 1 aromatic carbocycles. The third-order valence-electron chi connectivity index (χ3n) is 8.18. The number of amides is 1. The van der Waals surface area contributed by atoms with Gasteiger partial charge < -0.3 is 24.4 Å². The molecule has 0 saturated heterocycles. The second-order valence-electron chi connectivity index (χ2n) is 10.8. The minimum atomic E-state index is -1.20. The van der Waals surface area contributed by atoms with Crippen LogP contribution in [0.15, 0.2) is 36.4 Å². The van der Waals surface area contributed by atoms with Gasteiger partial charge in [-0.25, -0.2) is 14.4 Å². The molecule has 4 atom stereocenters. The van der Waals surface area contributed by atoms with Crippen LogP contribution in [0.5, 0.6) is 5.88 Å². The lowest BCUT2D eigenvalue weighted by Crippen LogP contribution is -2.56. The number of hydrogen-bond donors (Lipinski definition) is 2. The molecule has 9 nitrogen and oxygen atoms in total. The number of aliphatic hydroxyl groups is 2. The number of fused-ring (bicyclic) bond motifs is 2. The molecule has 2 aromatic heterocycles. The Labute approximate surface area is 226 Å². The van der Waals surface area contributed by atoms with E-state index in [0.29, 0.717) is 41.9 Å². The zero-order chi connectivity index (χ0) is 27.3. The fourth-order valence-corrected chi connectivity index (χ4v) is 6.04. The Bertz CT molecular complexity index is 1370. The number of aryl methyl sites for hydroxylation is 1. The van der Waals surface area contributed by atoms with E-state index in [-0.39, 0.29) is 37.5 Å². The summed E-state index contributed by atoms with van der Waals surface area (Å²) in [5.41, 5.74) is 2.59. The second kappa shape index (κ2) is 10.2. The molecule has 3 aromatic rings. The molecular formula is C29H34FN5O4. The number of rotatable bonds is 9. The first-order valence-corrected chi connectivity index (χ1v) is 13.7. The predicted molar refractivity (Wildman–Crippen MR) is 143 cm³/mol. The van der Waals surface area contributed by atoms with E-state index in [4.69, 9.17) is 14.7 Å². The molecule has 0 bridgehead atoms. The fourth-order valence-electron chi connectivity index (χ4n) is 6.04. The Morgan fingerprint density at radius 3 is 2.46 bits per heavy atom. The van der Waals surface area contributed by atoms with Crippen molar-refractivity contribution in [1.29, 1.82) is 0 Å². The van der Waals surface area contributed by atoms with E-state index in [9.17, 15) is 19.4 Å². The SMILES string of the molecule is CCN1c2nc(-c3ccc(OC4C[C@@H]5C[C@@H]5C4)nc3C)n(Cc3ccc(F)cc3)c2C(=O)N(CCCO)C1O. The summed E-state index contributed by atoms with van der Waals surface area (Å²) in [4.78, 5) is 26.4. The number of ether oxygens (including phenoxy) is 1. The van der Waals surface area contributed by atoms with Crippen LogP contribution in [-0.2, 0) is 6.54 Å². The smallest absolute Gasteiger partial charge is 0.277 e. The maximum atomic E-state index is 13.8. The number of imidazole rings is 1. The van der Waals surface area contributed by atoms with E-state index in [2.05, 4.69) is 0 Å². The lowest BCUT2D eigenvalue weighted by atomic mass is 10.1. The molecule has 206 valence electrons. The van der Waals surface area contributed by atoms with Crippen LogP contribution >= 0.6 is 0 Å². The Balaban J connectivity index is 1.41. The number of halogens is 1. The number of aromatic nitrogens is 3. The minimum absolute atomic E-state index is 0.100. The summed E-state index contributed by atoms with van der Waals surface area (Å²) < 4.78 is 21.7. The Morgan fingerprint density at radius 2 is 1.79 bits per heavy atom. The van der Waals surface area contributed by atoms with E-state index in [1.54, 1.807) is 17.0 Å². The molecule has 0 spiro atoms. The van der Waals surface area contributed by atoms with Crippen LogP contribution in [0.4, 0.5) is 10.2 Å². The molecule has 3 heterocycles. The highest BCUT2D eigenvalue weighted by molar-refractivity contribution is 6.00. The summed E-state index contributed by atoms with van der Waals surface area (Å²) in [5, 5.41) is 20.4. The van der Waals surface area contributed by atoms with Crippen molar-refractivity contribution >= 4 is 11.7 Å². The van der Waals surface area contributed by atoms with Crippen molar-refractivity contribution in [3.63, 3.8) is 0 Å². The fraction of sp³-hybridized carbons (Fsp3) is 0.483. The Hall–Kier alpha value is -3.50. The number of benzene rings is 1. The first-order valence-electron chi connectivity index (χ1n) is 13.7. The normalized spacial score (nSPS) is 23.7. The topological polar surface area (TPSA) is 104 Å². The van der Waals surface area contributed by atoms with Gasteiger partial charge in [0, 0.05) is 37.9 Å². The number of pyridine rings is 1. The van der Waals surface area contributed by atoms with Gasteiger partial charge in [-0.1, -0.05) is 12.1 Å². The van der Waals surface area contributed by atoms with Crippen molar-refractivity contribution in [2.24, 2.45) is 11.8 Å². The maximum absolute atomic E-state index is 13.8. The van der Waals surface area contributed by atoms with E-state index >= 15 is 0 Å². The molecule has 1 amide bonds. The third-order valence-corrected chi connectivity index (χ3v) is 8.18. The first kappa shape index (κ1) is 25.8. The molecule has 2 unspecified atom stereocenters. The number of carbonyl (C=O) groups is 1. The molecule has 1 aliphatic heterocycles. The highest BCUT2D eigenvalue weighted by Gasteiger charge is 2.47. The largest absolute Gasteiger partial charge is 0.474 e. The van der Waals surface area contributed by atoms with E-state index in [1.165, 1.54) is 23.5 Å². The molecule has 3 aliphatic rings. The quantitative estimate of drug-likeness (QED) is 0.432. The summed E-state index contributed by atoms with van der Waals surface area (Å²) in [7, 11) is 0. The van der Waals surface area contributed by atoms with Crippen LogP contribution in [-0.4, -0.2) is 67.7 Å². The van der Waals surface area contributed by atoms with E-state index in [1.807, 2.05) is 30.5 Å². The lowest BCUT2D eigenvalue weighted by Gasteiger charge is -2.40. The molecular weight excluding hydrogens is 501 g/mol. The van der Waals surface area contributed by atoms with Crippen LogP contribution in [0.25, 0.3) is 11.4 Å². The molecule has 2 saturated carbocycles. The van der Waals surface area contributed by atoms with Gasteiger partial charge in [0.25, 0.3) is 5.91 Å². The summed E-state index contributed by atoms with van der Waals surface area (Å²) in [5.74, 6) is 2.42. The average Bonchev–Trinajstić information content (AvgIpc) is 3.36. The van der Waals surface area contributed by atoms with Gasteiger partial charge in [0.2, 0.25) is 12.2 Å². The standard InChI is InChI=1S/C29H34FN5O4/c1-3-33-27-25(28(37)34(29(33)38)11-4-12-36)35(16-18-5-7-21(30)8-6-18)26(32-27)23-9-10-24(31-17(23)2)39-22-14-19-13-20(19)15-22/h5-10,19-20,22,29,36,38H,3-4,11-16H2,1-2H3/t19-,20+,22?,29?. The summed E-state index contributed by atoms with van der Waals surface area (Å²) in [6.07, 6.45) is 2.85. The van der Waals surface area contributed by atoms with Gasteiger partial charge in [0.15, 0.2) is 11.5 Å². The molecule has 10 heteroatoms. The van der Waals surface area contributed by atoms with E-state index < -0.39 is 6.35 Å². The number of nitrogens with zero attached hydrogens (tertiary/aromatic N) is 5. The van der Waals surface area contributed by atoms with Crippen molar-refractivity contribution in [2.45, 2.75) is 58.5 Å². The number of hydrogen-bond acceptors (Lipinski definition) is 7. The van der Waals surface area contributed by atoms with Gasteiger partial charge in [-0.3, -0.25) is 9.69 Å². The van der Waals surface area contributed by atoms with Crippen molar-refractivity contribution < 1.29 is 24.1 Å². The van der Waals surface area contributed by atoms with Crippen LogP contribution in [0.1, 0.15) is 54.4 Å². The molecule has 39 heavy (non-hydrogen) atoms. The zero-order valence-corrected chi connectivity index (χ0v) is 22.3. The summed E-state index contributed by atoms with van der Waals surface area (Å²) >= 11 is 0. The molecule has 2 fully saturated rings.